The van der Waals surface area contributed by atoms with E-state index in [1.54, 1.807) is 4.90 Å². The lowest BCUT2D eigenvalue weighted by molar-refractivity contribution is -0.139. The first-order chi connectivity index (χ1) is 14.8. The Morgan fingerprint density at radius 1 is 1.13 bits per heavy atom. The van der Waals surface area contributed by atoms with E-state index in [-0.39, 0.29) is 37.0 Å². The standard InChI is InChI=1S/C19H25ClN4O6S/c20-14-4-6-15(7-5-14)31(28,29)24-11-12-30-17(24)13-22-19(27)18(26)21-8-2-10-23-9-1-3-16(23)25/h4-7,17H,1-3,8-13H2,(H,21,26)(H,22,27)/t17-/m1/s1. The average molecular weight is 473 g/mol. The number of rotatable bonds is 8. The number of hydrogen-bond donors (Lipinski definition) is 2. The molecule has 3 rings (SSSR count). The second-order valence-electron chi connectivity index (χ2n) is 7.20. The molecule has 0 aromatic heterocycles. The molecular formula is C19H25ClN4O6S. The fraction of sp³-hybridized carbons (Fsp3) is 0.526. The van der Waals surface area contributed by atoms with E-state index in [0.717, 1.165) is 17.3 Å². The van der Waals surface area contributed by atoms with Gasteiger partial charge in [0.1, 0.15) is 6.23 Å². The maximum absolute atomic E-state index is 12.8. The molecule has 2 aliphatic heterocycles. The molecule has 3 amide bonds. The van der Waals surface area contributed by atoms with Gasteiger partial charge in [-0.15, -0.1) is 0 Å². The molecule has 0 bridgehead atoms. The molecule has 0 aliphatic carbocycles. The summed E-state index contributed by atoms with van der Waals surface area (Å²) in [7, 11) is -3.84. The Hall–Kier alpha value is -2.21. The van der Waals surface area contributed by atoms with E-state index >= 15 is 0 Å². The molecule has 10 nitrogen and oxygen atoms in total. The summed E-state index contributed by atoms with van der Waals surface area (Å²) in [5.74, 6) is -1.59. The van der Waals surface area contributed by atoms with E-state index in [0.29, 0.717) is 24.4 Å². The van der Waals surface area contributed by atoms with Gasteiger partial charge in [-0.2, -0.15) is 4.31 Å². The van der Waals surface area contributed by atoms with Gasteiger partial charge >= 0.3 is 11.8 Å². The van der Waals surface area contributed by atoms with Crippen molar-refractivity contribution in [3.05, 3.63) is 29.3 Å². The highest BCUT2D eigenvalue weighted by molar-refractivity contribution is 7.89. The van der Waals surface area contributed by atoms with E-state index in [2.05, 4.69) is 10.6 Å². The van der Waals surface area contributed by atoms with E-state index in [9.17, 15) is 22.8 Å². The largest absolute Gasteiger partial charge is 0.359 e. The van der Waals surface area contributed by atoms with Gasteiger partial charge in [-0.25, -0.2) is 8.42 Å². The molecule has 0 spiro atoms. The quantitative estimate of drug-likeness (QED) is 0.403. The normalized spacial score (nSPS) is 19.6. The van der Waals surface area contributed by atoms with Gasteiger partial charge in [-0.1, -0.05) is 11.6 Å². The van der Waals surface area contributed by atoms with E-state index in [1.807, 2.05) is 0 Å². The Kier molecular flexibility index (Phi) is 7.87. The van der Waals surface area contributed by atoms with Crippen LogP contribution in [-0.2, 0) is 29.1 Å². The molecule has 2 fully saturated rings. The molecule has 2 saturated heterocycles. The third kappa shape index (κ3) is 5.94. The van der Waals surface area contributed by atoms with Crippen LogP contribution in [0.2, 0.25) is 5.02 Å². The molecule has 31 heavy (non-hydrogen) atoms. The lowest BCUT2D eigenvalue weighted by Crippen LogP contribution is -2.47. The zero-order valence-electron chi connectivity index (χ0n) is 16.9. The Morgan fingerprint density at radius 3 is 2.52 bits per heavy atom. The fourth-order valence-corrected chi connectivity index (χ4v) is 5.07. The SMILES string of the molecule is O=C(NCCCN1CCCC1=O)C(=O)NC[C@H]1OCCN1S(=O)(=O)c1ccc(Cl)cc1. The number of ether oxygens (including phenoxy) is 1. The van der Waals surface area contributed by atoms with E-state index in [1.165, 1.54) is 24.3 Å². The summed E-state index contributed by atoms with van der Waals surface area (Å²) in [6, 6.07) is 5.75. The third-order valence-electron chi connectivity index (χ3n) is 5.07. The molecule has 1 atom stereocenters. The first kappa shape index (κ1) is 23.5. The number of benzene rings is 1. The molecule has 0 saturated carbocycles. The molecule has 2 N–H and O–H groups in total. The Bertz CT molecular complexity index is 924. The van der Waals surface area contributed by atoms with Crippen molar-refractivity contribution in [3.8, 4) is 0 Å². The number of amides is 3. The highest BCUT2D eigenvalue weighted by Gasteiger charge is 2.36. The minimum absolute atomic E-state index is 0.0629. The highest BCUT2D eigenvalue weighted by Crippen LogP contribution is 2.23. The predicted molar refractivity (Wildman–Crippen MR) is 112 cm³/mol. The van der Waals surface area contributed by atoms with Gasteiger partial charge in [0.25, 0.3) is 0 Å². The van der Waals surface area contributed by atoms with E-state index in [4.69, 9.17) is 16.3 Å². The first-order valence-electron chi connectivity index (χ1n) is 10.0. The van der Waals surface area contributed by atoms with E-state index < -0.39 is 28.1 Å². The van der Waals surface area contributed by atoms with Crippen LogP contribution in [0.5, 0.6) is 0 Å². The zero-order valence-corrected chi connectivity index (χ0v) is 18.5. The average Bonchev–Trinajstić information content (AvgIpc) is 3.38. The van der Waals surface area contributed by atoms with Crippen molar-refractivity contribution in [1.29, 1.82) is 0 Å². The second kappa shape index (κ2) is 10.4. The maximum Gasteiger partial charge on any atom is 0.309 e. The number of hydrogen-bond acceptors (Lipinski definition) is 6. The van der Waals surface area contributed by atoms with Crippen LogP contribution < -0.4 is 10.6 Å². The zero-order chi connectivity index (χ0) is 22.4. The first-order valence-corrected chi connectivity index (χ1v) is 11.8. The molecular weight excluding hydrogens is 448 g/mol. The topological polar surface area (TPSA) is 125 Å². The van der Waals surface area contributed by atoms with Crippen molar-refractivity contribution in [1.82, 2.24) is 19.8 Å². The number of nitrogens with zero attached hydrogens (tertiary/aromatic N) is 2. The second-order valence-corrected chi connectivity index (χ2v) is 9.53. The molecule has 1 aromatic carbocycles. The van der Waals surface area contributed by atoms with Gasteiger partial charge in [0, 0.05) is 37.6 Å². The van der Waals surface area contributed by atoms with Crippen LogP contribution in [0.4, 0.5) is 0 Å². The number of carbonyl (C=O) groups excluding carboxylic acids is 3. The maximum atomic E-state index is 12.8. The van der Waals surface area contributed by atoms with Crippen LogP contribution in [0, 0.1) is 0 Å². The molecule has 170 valence electrons. The van der Waals surface area contributed by atoms with Gasteiger partial charge in [-0.05, 0) is 37.1 Å². The smallest absolute Gasteiger partial charge is 0.309 e. The molecule has 12 heteroatoms. The fourth-order valence-electron chi connectivity index (χ4n) is 3.44. The number of halogens is 1. The summed E-state index contributed by atoms with van der Waals surface area (Å²) in [6.45, 7) is 1.66. The van der Waals surface area contributed by atoms with Gasteiger partial charge in [0.05, 0.1) is 18.0 Å². The van der Waals surface area contributed by atoms with Crippen molar-refractivity contribution >= 4 is 39.3 Å². The van der Waals surface area contributed by atoms with Crippen molar-refractivity contribution < 1.29 is 27.5 Å². The minimum Gasteiger partial charge on any atom is -0.359 e. The van der Waals surface area contributed by atoms with Gasteiger partial charge in [0.2, 0.25) is 15.9 Å². The molecule has 0 radical (unpaired) electrons. The van der Waals surface area contributed by atoms with Crippen molar-refractivity contribution in [3.63, 3.8) is 0 Å². The van der Waals surface area contributed by atoms with Gasteiger partial charge in [-0.3, -0.25) is 14.4 Å². The van der Waals surface area contributed by atoms with Crippen molar-refractivity contribution in [2.75, 3.05) is 39.3 Å². The number of nitrogens with one attached hydrogen (secondary N) is 2. The molecule has 0 unspecified atom stereocenters. The number of carbonyl (C=O) groups is 3. The van der Waals surface area contributed by atoms with Gasteiger partial charge < -0.3 is 20.3 Å². The van der Waals surface area contributed by atoms with Crippen LogP contribution in [0.25, 0.3) is 0 Å². The summed E-state index contributed by atoms with van der Waals surface area (Å²) in [5, 5.41) is 5.32. The third-order valence-corrected chi connectivity index (χ3v) is 7.22. The van der Waals surface area contributed by atoms with Crippen LogP contribution in [0.3, 0.4) is 0 Å². The Labute approximate surface area is 185 Å². The predicted octanol–water partition coefficient (Wildman–Crippen LogP) is -0.0681. The Morgan fingerprint density at radius 2 is 1.84 bits per heavy atom. The lowest BCUT2D eigenvalue weighted by Gasteiger charge is -2.22. The molecule has 1 aromatic rings. The minimum atomic E-state index is -3.84. The number of likely N-dealkylation sites (tertiary alicyclic amines) is 1. The summed E-state index contributed by atoms with van der Waals surface area (Å²) in [6.07, 6.45) is 1.03. The summed E-state index contributed by atoms with van der Waals surface area (Å²) < 4.78 is 32.2. The Balaban J connectivity index is 1.44. The van der Waals surface area contributed by atoms with Crippen LogP contribution in [-0.4, -0.2) is 80.9 Å². The molecule has 2 aliphatic rings. The molecule has 2 heterocycles. The van der Waals surface area contributed by atoms with Crippen LogP contribution in [0.15, 0.2) is 29.2 Å². The van der Waals surface area contributed by atoms with Crippen molar-refractivity contribution in [2.24, 2.45) is 0 Å². The summed E-state index contributed by atoms with van der Waals surface area (Å²) >= 11 is 5.81. The lowest BCUT2D eigenvalue weighted by atomic mass is 10.3. The monoisotopic (exact) mass is 472 g/mol. The number of sulfonamides is 1. The van der Waals surface area contributed by atoms with Crippen LogP contribution >= 0.6 is 11.6 Å². The van der Waals surface area contributed by atoms with Gasteiger partial charge in [0.15, 0.2) is 0 Å². The summed E-state index contributed by atoms with van der Waals surface area (Å²) in [4.78, 5) is 37.3. The van der Waals surface area contributed by atoms with Crippen LogP contribution in [0.1, 0.15) is 19.3 Å². The van der Waals surface area contributed by atoms with Crippen molar-refractivity contribution in [2.45, 2.75) is 30.4 Å². The summed E-state index contributed by atoms with van der Waals surface area (Å²) in [5.41, 5.74) is 0. The highest BCUT2D eigenvalue weighted by atomic mass is 35.5.